The van der Waals surface area contributed by atoms with E-state index in [1.807, 2.05) is 0 Å². The third-order valence-electron chi connectivity index (χ3n) is 6.57. The summed E-state index contributed by atoms with van der Waals surface area (Å²) in [5.74, 6) is 0.546. The Morgan fingerprint density at radius 2 is 1.19 bits per heavy atom. The summed E-state index contributed by atoms with van der Waals surface area (Å²) in [5.41, 5.74) is 0. The molecule has 0 bridgehead atoms. The Morgan fingerprint density at radius 3 is 1.59 bits per heavy atom. The first-order valence-electron chi connectivity index (χ1n) is 10.9. The van der Waals surface area contributed by atoms with Crippen molar-refractivity contribution in [3.8, 4) is 0 Å². The molecule has 0 unspecified atom stereocenters. The van der Waals surface area contributed by atoms with Gasteiger partial charge in [0.05, 0.1) is 6.10 Å². The Hall–Kier alpha value is 0.0938. The third kappa shape index (κ3) is 9.42. The average molecular weight is 415 g/mol. The molecule has 27 heavy (non-hydrogen) atoms. The molecule has 0 aromatic carbocycles. The molecule has 0 spiro atoms. The SMILES string of the molecule is CC(C)[C@H](C/C=C\CC[C@@H](C)O[Si](C)(C)C(C)(C)C)O[Si](C)(C)C(C)(C)C. The molecular weight excluding hydrogens is 364 g/mol. The predicted molar refractivity (Wildman–Crippen MR) is 128 cm³/mol. The summed E-state index contributed by atoms with van der Waals surface area (Å²) in [6.07, 6.45) is 8.51. The molecule has 0 aromatic heterocycles. The van der Waals surface area contributed by atoms with Gasteiger partial charge >= 0.3 is 0 Å². The lowest BCUT2D eigenvalue weighted by Gasteiger charge is -2.40. The van der Waals surface area contributed by atoms with Crippen LogP contribution in [0.4, 0.5) is 0 Å². The van der Waals surface area contributed by atoms with Crippen molar-refractivity contribution in [1.29, 1.82) is 0 Å². The average Bonchev–Trinajstić information content (AvgIpc) is 2.42. The minimum Gasteiger partial charge on any atom is -0.414 e. The fourth-order valence-corrected chi connectivity index (χ4v) is 5.39. The lowest BCUT2D eigenvalue weighted by molar-refractivity contribution is 0.136. The molecule has 0 aliphatic rings. The van der Waals surface area contributed by atoms with Crippen LogP contribution in [0.3, 0.4) is 0 Å². The van der Waals surface area contributed by atoms with E-state index in [1.54, 1.807) is 0 Å². The van der Waals surface area contributed by atoms with Crippen molar-refractivity contribution in [3.63, 3.8) is 0 Å². The Bertz CT molecular complexity index is 454. The highest BCUT2D eigenvalue weighted by Gasteiger charge is 2.39. The molecule has 0 saturated carbocycles. The van der Waals surface area contributed by atoms with Gasteiger partial charge in [0.2, 0.25) is 0 Å². The van der Waals surface area contributed by atoms with Crippen molar-refractivity contribution >= 4 is 16.6 Å². The summed E-state index contributed by atoms with van der Waals surface area (Å²) in [6, 6.07) is 0. The molecule has 0 saturated heterocycles. The van der Waals surface area contributed by atoms with Crippen molar-refractivity contribution in [1.82, 2.24) is 0 Å². The zero-order valence-electron chi connectivity index (χ0n) is 20.8. The number of hydrogen-bond acceptors (Lipinski definition) is 2. The highest BCUT2D eigenvalue weighted by Crippen LogP contribution is 2.39. The molecule has 0 heterocycles. The maximum Gasteiger partial charge on any atom is 0.192 e. The van der Waals surface area contributed by atoms with Gasteiger partial charge in [0, 0.05) is 6.10 Å². The molecule has 0 amide bonds. The van der Waals surface area contributed by atoms with E-state index in [0.29, 0.717) is 18.1 Å². The molecule has 0 aliphatic heterocycles. The van der Waals surface area contributed by atoms with Gasteiger partial charge in [-0.2, -0.15) is 0 Å². The van der Waals surface area contributed by atoms with Crippen LogP contribution >= 0.6 is 0 Å². The van der Waals surface area contributed by atoms with Gasteiger partial charge in [-0.3, -0.25) is 0 Å². The Labute approximate surface area is 173 Å². The second-order valence-corrected chi connectivity index (χ2v) is 21.1. The van der Waals surface area contributed by atoms with Crippen molar-refractivity contribution in [2.24, 2.45) is 5.92 Å². The topological polar surface area (TPSA) is 18.5 Å². The van der Waals surface area contributed by atoms with Crippen LogP contribution in [0, 0.1) is 5.92 Å². The second kappa shape index (κ2) is 10.2. The van der Waals surface area contributed by atoms with Crippen LogP contribution in [-0.2, 0) is 8.85 Å². The van der Waals surface area contributed by atoms with Crippen molar-refractivity contribution in [2.75, 3.05) is 0 Å². The summed E-state index contributed by atoms with van der Waals surface area (Å²) >= 11 is 0. The monoisotopic (exact) mass is 414 g/mol. The molecule has 0 rings (SSSR count). The Kier molecular flexibility index (Phi) is 10.3. The van der Waals surface area contributed by atoms with Gasteiger partial charge in [0.1, 0.15) is 0 Å². The van der Waals surface area contributed by atoms with Gasteiger partial charge in [0.25, 0.3) is 0 Å². The van der Waals surface area contributed by atoms with Crippen LogP contribution in [0.1, 0.15) is 81.6 Å². The standard InChI is InChI=1S/C23H50O2Si2/c1-19(2)21(25-27(12,13)23(7,8)9)18-16-14-15-17-20(3)24-26(10,11)22(4,5)6/h14,16,19-21H,15,17-18H2,1-13H3/b16-14-/t20-,21+/m1/s1. The van der Waals surface area contributed by atoms with Gasteiger partial charge in [-0.05, 0) is 68.4 Å². The zero-order valence-corrected chi connectivity index (χ0v) is 22.8. The second-order valence-electron chi connectivity index (χ2n) is 11.6. The first-order valence-corrected chi connectivity index (χ1v) is 16.7. The summed E-state index contributed by atoms with van der Waals surface area (Å²) in [7, 11) is -3.36. The fraction of sp³-hybridized carbons (Fsp3) is 0.913. The molecule has 162 valence electrons. The van der Waals surface area contributed by atoms with E-state index >= 15 is 0 Å². The lowest BCUT2D eigenvalue weighted by atomic mass is 10.0. The van der Waals surface area contributed by atoms with Crippen molar-refractivity contribution < 1.29 is 8.85 Å². The first-order chi connectivity index (χ1) is 11.9. The zero-order chi connectivity index (χ0) is 21.7. The van der Waals surface area contributed by atoms with Crippen LogP contribution in [0.5, 0.6) is 0 Å². The van der Waals surface area contributed by atoms with Crippen LogP contribution in [0.15, 0.2) is 12.2 Å². The normalized spacial score (nSPS) is 17.0. The van der Waals surface area contributed by atoms with Gasteiger partial charge in [0.15, 0.2) is 16.6 Å². The van der Waals surface area contributed by atoms with E-state index in [1.165, 1.54) is 0 Å². The van der Waals surface area contributed by atoms with E-state index < -0.39 is 16.6 Å². The number of rotatable bonds is 10. The third-order valence-corrected chi connectivity index (χ3v) is 15.7. The molecule has 0 fully saturated rings. The summed E-state index contributed by atoms with van der Waals surface area (Å²) in [5, 5.41) is 0.545. The van der Waals surface area contributed by atoms with Gasteiger partial charge in [-0.15, -0.1) is 0 Å². The van der Waals surface area contributed by atoms with Crippen LogP contribution < -0.4 is 0 Å². The highest BCUT2D eigenvalue weighted by molar-refractivity contribution is 6.74. The fourth-order valence-electron chi connectivity index (χ4n) is 2.43. The Morgan fingerprint density at radius 1 is 0.741 bits per heavy atom. The van der Waals surface area contributed by atoms with E-state index in [4.69, 9.17) is 8.85 Å². The molecular formula is C23H50O2Si2. The summed E-state index contributed by atoms with van der Waals surface area (Å²) in [6.45, 7) is 30.0. The maximum absolute atomic E-state index is 6.66. The van der Waals surface area contributed by atoms with Crippen molar-refractivity contribution in [2.45, 2.75) is 130 Å². The summed E-state index contributed by atoms with van der Waals surface area (Å²) < 4.78 is 13.1. The number of hydrogen-bond donors (Lipinski definition) is 0. The van der Waals surface area contributed by atoms with E-state index in [9.17, 15) is 0 Å². The molecule has 0 radical (unpaired) electrons. The number of allylic oxidation sites excluding steroid dienone is 1. The molecule has 2 atom stereocenters. The first kappa shape index (κ1) is 27.1. The minimum absolute atomic E-state index is 0.264. The molecule has 4 heteroatoms. The van der Waals surface area contributed by atoms with Gasteiger partial charge < -0.3 is 8.85 Å². The molecule has 2 nitrogen and oxygen atoms in total. The predicted octanol–water partition coefficient (Wildman–Crippen LogP) is 8.17. The molecule has 0 N–H and O–H groups in total. The largest absolute Gasteiger partial charge is 0.414 e. The maximum atomic E-state index is 6.66. The van der Waals surface area contributed by atoms with E-state index in [0.717, 1.165) is 19.3 Å². The smallest absolute Gasteiger partial charge is 0.192 e. The lowest BCUT2D eigenvalue weighted by Crippen LogP contribution is -2.45. The van der Waals surface area contributed by atoms with Gasteiger partial charge in [-0.1, -0.05) is 67.5 Å². The highest BCUT2D eigenvalue weighted by atomic mass is 28.4. The van der Waals surface area contributed by atoms with E-state index in [-0.39, 0.29) is 10.1 Å². The molecule has 0 aliphatic carbocycles. The molecule has 0 aromatic rings. The van der Waals surface area contributed by atoms with Gasteiger partial charge in [-0.25, -0.2) is 0 Å². The Balaban J connectivity index is 4.54. The quantitative estimate of drug-likeness (QED) is 0.265. The van der Waals surface area contributed by atoms with Crippen molar-refractivity contribution in [3.05, 3.63) is 12.2 Å². The van der Waals surface area contributed by atoms with Crippen LogP contribution in [-0.4, -0.2) is 28.8 Å². The minimum atomic E-state index is -1.71. The van der Waals surface area contributed by atoms with Crippen LogP contribution in [0.2, 0.25) is 36.3 Å². The van der Waals surface area contributed by atoms with E-state index in [2.05, 4.69) is 101 Å². The summed E-state index contributed by atoms with van der Waals surface area (Å²) in [4.78, 5) is 0. The van der Waals surface area contributed by atoms with Crippen LogP contribution in [0.25, 0.3) is 0 Å².